The number of fused-ring (bicyclic) bond motifs is 24. The first-order chi connectivity index (χ1) is 32.5. The molecule has 0 radical (unpaired) electrons. The molecule has 13 rings (SSSR count). The highest BCUT2D eigenvalue weighted by atomic mass is 16.2. The Labute approximate surface area is 374 Å². The zero-order valence-corrected chi connectivity index (χ0v) is 37.2. The molecular weight excluding hydrogens is 853 g/mol. The van der Waals surface area contributed by atoms with Gasteiger partial charge in [-0.25, -0.2) is 49.1 Å². The number of nitrogens with one attached hydrogen (secondary N) is 4. The number of rotatable bonds is 5. The van der Waals surface area contributed by atoms with Gasteiger partial charge in [-0.2, -0.15) is 0 Å². The van der Waals surface area contributed by atoms with Crippen molar-refractivity contribution in [3.8, 4) is 45.6 Å². The van der Waals surface area contributed by atoms with E-state index in [0.29, 0.717) is 144 Å². The first-order valence-electron chi connectivity index (χ1n) is 22.4. The van der Waals surface area contributed by atoms with Crippen LogP contribution in [0.2, 0.25) is 0 Å². The van der Waals surface area contributed by atoms with Crippen LogP contribution in [0.15, 0.2) is 67.7 Å². The predicted octanol–water partition coefficient (Wildman–Crippen LogP) is 6.02. The molecule has 0 unspecified atom stereocenters. The van der Waals surface area contributed by atoms with Gasteiger partial charge in [-0.05, 0) is 83.1 Å². The standard InChI is InChI=1S/C47H40N16O4/c1-7-59-31-15-23-21(13-29(31)49-45(59)65)37-51-39(23)55-43-27-19-35-33(61(9-3)47(67)63(35)11-5)17-25(27)40(57-43)52-36-20-12-28-30(58(6)44(64)48-28)14-22(20)38(50-36)54-42-26-18-34-32(16-24(26)41(53-37)56-42)60(8-2)46(66)62(34)10-4/h12-19H,7-11H2,1-6H3,(H,48,64)(H,49,65)(H2,50,51,52,53,54,55,56,57). The average Bonchev–Trinajstić information content (AvgIpc) is 4.19. The SMILES string of the molecule is CCn1c(=O)[nH]c2cc3c(cc21)-c1nc-3nc2[nH]c(nc3nc(nc4[nH]c(n1)c1cc5c(cc41)n(CC)c(=O)n5CC)-c1cc4[nH]c(=O)n(C)c4cc1-3)c1cc3c(cc21)n(CC)c(=O)n3CC. The third kappa shape index (κ3) is 5.11. The number of aromatic nitrogens is 16. The smallest absolute Gasteiger partial charge is 0.324 e. The van der Waals surface area contributed by atoms with Crippen LogP contribution < -0.4 is 22.8 Å². The lowest BCUT2D eigenvalue weighted by atomic mass is 10.1. The summed E-state index contributed by atoms with van der Waals surface area (Å²) in [6, 6.07) is 15.4. The molecule has 0 fully saturated rings. The molecule has 20 heteroatoms. The van der Waals surface area contributed by atoms with E-state index in [2.05, 4.69) is 19.9 Å². The molecule has 0 amide bonds. The van der Waals surface area contributed by atoms with Gasteiger partial charge in [0, 0.05) is 83.6 Å². The molecule has 67 heavy (non-hydrogen) atoms. The van der Waals surface area contributed by atoms with E-state index < -0.39 is 0 Å². The van der Waals surface area contributed by atoms with E-state index in [4.69, 9.17) is 29.9 Å². The van der Waals surface area contributed by atoms with Crippen molar-refractivity contribution in [2.45, 2.75) is 67.3 Å². The van der Waals surface area contributed by atoms with Crippen molar-refractivity contribution in [1.29, 1.82) is 0 Å². The Balaban J connectivity index is 1.25. The van der Waals surface area contributed by atoms with Gasteiger partial charge in [0.15, 0.2) is 23.3 Å². The number of H-pyrrole nitrogens is 4. The number of aromatic amines is 4. The second-order valence-electron chi connectivity index (χ2n) is 16.9. The van der Waals surface area contributed by atoms with Crippen LogP contribution in [-0.2, 0) is 39.8 Å². The van der Waals surface area contributed by atoms with Gasteiger partial charge >= 0.3 is 22.8 Å². The average molecular weight is 893 g/mol. The number of nitrogens with zero attached hydrogens (tertiary/aromatic N) is 12. The van der Waals surface area contributed by atoms with Crippen molar-refractivity contribution in [2.24, 2.45) is 7.05 Å². The Hall–Kier alpha value is -8.68. The topological polar surface area (TPSA) is 238 Å². The number of hydrogen-bond acceptors (Lipinski definition) is 10. The monoisotopic (exact) mass is 892 g/mol. The number of benzene rings is 4. The van der Waals surface area contributed by atoms with E-state index in [-0.39, 0.29) is 22.8 Å². The third-order valence-electron chi connectivity index (χ3n) is 13.6. The Bertz CT molecular complexity index is 4480. The molecule has 0 saturated heterocycles. The van der Waals surface area contributed by atoms with Crippen LogP contribution in [0.4, 0.5) is 0 Å². The van der Waals surface area contributed by atoms with Crippen molar-refractivity contribution < 1.29 is 0 Å². The van der Waals surface area contributed by atoms with Crippen molar-refractivity contribution in [3.63, 3.8) is 0 Å². The molecule has 20 nitrogen and oxygen atoms in total. The molecule has 2 aliphatic rings. The Morgan fingerprint density at radius 3 is 1.07 bits per heavy atom. The minimum atomic E-state index is -0.272. The second-order valence-corrected chi connectivity index (χ2v) is 16.9. The van der Waals surface area contributed by atoms with Crippen LogP contribution in [-0.4, -0.2) is 77.2 Å². The normalized spacial score (nSPS) is 12.6. The van der Waals surface area contributed by atoms with Crippen molar-refractivity contribution in [3.05, 3.63) is 90.5 Å². The summed E-state index contributed by atoms with van der Waals surface area (Å²) in [6.07, 6.45) is 0. The van der Waals surface area contributed by atoms with Crippen LogP contribution in [0.5, 0.6) is 0 Å². The molecule has 0 aliphatic carbocycles. The van der Waals surface area contributed by atoms with Crippen molar-refractivity contribution in [2.75, 3.05) is 0 Å². The van der Waals surface area contributed by atoms with Crippen LogP contribution in [0.1, 0.15) is 34.6 Å². The molecular formula is C47H40N16O4. The van der Waals surface area contributed by atoms with E-state index in [1.165, 1.54) is 4.57 Å². The van der Waals surface area contributed by atoms with E-state index in [1.54, 1.807) is 29.9 Å². The molecule has 2 aliphatic heterocycles. The summed E-state index contributed by atoms with van der Waals surface area (Å²) in [5.74, 6) is 1.33. The maximum atomic E-state index is 13.7. The Morgan fingerprint density at radius 2 is 0.701 bits per heavy atom. The zero-order chi connectivity index (χ0) is 45.9. The summed E-state index contributed by atoms with van der Waals surface area (Å²) in [6.45, 7) is 12.0. The van der Waals surface area contributed by atoms with Gasteiger partial charge in [0.2, 0.25) is 0 Å². The van der Waals surface area contributed by atoms with E-state index in [0.717, 1.165) is 22.1 Å². The molecule has 332 valence electrons. The summed E-state index contributed by atoms with van der Waals surface area (Å²) in [5, 5.41) is 2.75. The van der Waals surface area contributed by atoms with Gasteiger partial charge in [0.1, 0.15) is 22.6 Å². The maximum Gasteiger partial charge on any atom is 0.329 e. The zero-order valence-electron chi connectivity index (χ0n) is 37.2. The highest BCUT2D eigenvalue weighted by Crippen LogP contribution is 2.40. The molecule has 4 aromatic carbocycles. The number of imidazole rings is 4. The Kier molecular flexibility index (Phi) is 7.77. The quantitative estimate of drug-likeness (QED) is 0.157. The van der Waals surface area contributed by atoms with Gasteiger partial charge in [-0.15, -0.1) is 0 Å². The summed E-state index contributed by atoms with van der Waals surface area (Å²) in [7, 11) is 1.70. The molecule has 11 aromatic rings. The second kappa shape index (κ2) is 13.4. The lowest BCUT2D eigenvalue weighted by molar-refractivity contribution is 0.671. The predicted molar refractivity (Wildman–Crippen MR) is 257 cm³/mol. The van der Waals surface area contributed by atoms with E-state index in [9.17, 15) is 19.2 Å². The third-order valence-corrected chi connectivity index (χ3v) is 13.6. The summed E-state index contributed by atoms with van der Waals surface area (Å²) in [5.41, 5.74) is 9.06. The fourth-order valence-electron chi connectivity index (χ4n) is 10.3. The molecule has 9 heterocycles. The van der Waals surface area contributed by atoms with Crippen LogP contribution in [0.3, 0.4) is 0 Å². The van der Waals surface area contributed by atoms with Gasteiger partial charge in [-0.1, -0.05) is 0 Å². The number of hydrogen-bond donors (Lipinski definition) is 4. The first kappa shape index (κ1) is 38.8. The molecule has 8 bridgehead atoms. The lowest BCUT2D eigenvalue weighted by Gasteiger charge is -2.02. The highest BCUT2D eigenvalue weighted by Gasteiger charge is 2.27. The van der Waals surface area contributed by atoms with Gasteiger partial charge in [-0.3, -0.25) is 27.4 Å². The molecule has 7 aromatic heterocycles. The van der Waals surface area contributed by atoms with Crippen molar-refractivity contribution in [1.82, 2.24) is 77.2 Å². The largest absolute Gasteiger partial charge is 0.329 e. The maximum absolute atomic E-state index is 13.7. The van der Waals surface area contributed by atoms with E-state index in [1.807, 2.05) is 83.1 Å². The molecule has 4 N–H and O–H groups in total. The highest BCUT2D eigenvalue weighted by molar-refractivity contribution is 6.12. The minimum Gasteiger partial charge on any atom is -0.324 e. The van der Waals surface area contributed by atoms with Crippen molar-refractivity contribution >= 4 is 88.3 Å². The van der Waals surface area contributed by atoms with Crippen LogP contribution in [0, 0.1) is 0 Å². The van der Waals surface area contributed by atoms with Crippen LogP contribution in [0.25, 0.3) is 134 Å². The van der Waals surface area contributed by atoms with E-state index >= 15 is 0 Å². The fraction of sp³-hybridized carbons (Fsp3) is 0.234. The lowest BCUT2D eigenvalue weighted by Crippen LogP contribution is -2.23. The summed E-state index contributed by atoms with van der Waals surface area (Å²) in [4.78, 5) is 97.8. The molecule has 0 atom stereocenters. The van der Waals surface area contributed by atoms with Gasteiger partial charge < -0.3 is 19.9 Å². The van der Waals surface area contributed by atoms with Crippen LogP contribution >= 0.6 is 0 Å². The van der Waals surface area contributed by atoms with Gasteiger partial charge in [0.25, 0.3) is 0 Å². The Morgan fingerprint density at radius 1 is 0.373 bits per heavy atom. The number of aryl methyl sites for hydroxylation is 6. The first-order valence-corrected chi connectivity index (χ1v) is 22.4. The fourth-order valence-corrected chi connectivity index (χ4v) is 10.3. The molecule has 0 spiro atoms. The van der Waals surface area contributed by atoms with Gasteiger partial charge in [0.05, 0.1) is 44.1 Å². The summed E-state index contributed by atoms with van der Waals surface area (Å²) < 4.78 is 10.2. The summed E-state index contributed by atoms with van der Waals surface area (Å²) >= 11 is 0. The molecule has 0 saturated carbocycles. The minimum absolute atomic E-state index is 0.118.